The smallest absolute Gasteiger partial charge is 0.336 e. The number of ether oxygens (including phenoxy) is 5. The minimum atomic E-state index is -1.17. The van der Waals surface area contributed by atoms with E-state index in [4.69, 9.17) is 23.7 Å². The molecule has 0 bridgehead atoms. The Morgan fingerprint density at radius 2 is 1.79 bits per heavy atom. The normalized spacial score (nSPS) is 16.7. The first-order chi connectivity index (χ1) is 14.0. The number of esters is 1. The van der Waals surface area contributed by atoms with Crippen LogP contribution in [0.3, 0.4) is 0 Å². The second kappa shape index (κ2) is 7.38. The zero-order valence-corrected chi connectivity index (χ0v) is 15.8. The fraction of sp³-hybridized carbons (Fsp3) is 0.238. The van der Waals surface area contributed by atoms with Crippen LogP contribution in [0.5, 0.6) is 23.0 Å². The highest BCUT2D eigenvalue weighted by Crippen LogP contribution is 2.48. The molecule has 2 aliphatic rings. The van der Waals surface area contributed by atoms with Crippen LogP contribution in [0.2, 0.25) is 0 Å². The van der Waals surface area contributed by atoms with Crippen LogP contribution in [0.25, 0.3) is 0 Å². The van der Waals surface area contributed by atoms with Crippen LogP contribution in [0, 0.1) is 0 Å². The molecule has 0 unspecified atom stereocenters. The number of rotatable bonds is 5. The lowest BCUT2D eigenvalue weighted by molar-refractivity contribution is -0.141. The van der Waals surface area contributed by atoms with Crippen LogP contribution < -0.4 is 18.9 Å². The van der Waals surface area contributed by atoms with Crippen molar-refractivity contribution >= 4 is 11.9 Å². The number of methoxy groups -OCH3 is 1. The second-order valence-electron chi connectivity index (χ2n) is 6.47. The number of hydrogen-bond acceptors (Lipinski definition) is 7. The highest BCUT2D eigenvalue weighted by Gasteiger charge is 2.37. The van der Waals surface area contributed by atoms with Crippen molar-refractivity contribution in [3.8, 4) is 23.0 Å². The van der Waals surface area contributed by atoms with Crippen molar-refractivity contribution < 1.29 is 38.4 Å². The van der Waals surface area contributed by atoms with Crippen LogP contribution in [-0.2, 0) is 14.3 Å². The number of carbonyl (C=O) groups is 2. The molecule has 2 aromatic rings. The van der Waals surface area contributed by atoms with Crippen LogP contribution in [0.15, 0.2) is 47.7 Å². The Bertz CT molecular complexity index is 1010. The van der Waals surface area contributed by atoms with Crippen molar-refractivity contribution in [1.82, 2.24) is 0 Å². The first-order valence-electron chi connectivity index (χ1n) is 8.83. The summed E-state index contributed by atoms with van der Waals surface area (Å²) in [5.41, 5.74) is 1.32. The van der Waals surface area contributed by atoms with Crippen molar-refractivity contribution in [3.05, 3.63) is 58.9 Å². The van der Waals surface area contributed by atoms with Gasteiger partial charge in [-0.3, -0.25) is 4.79 Å². The van der Waals surface area contributed by atoms with Gasteiger partial charge in [0.25, 0.3) is 0 Å². The Kier molecular flexibility index (Phi) is 4.75. The molecule has 8 nitrogen and oxygen atoms in total. The highest BCUT2D eigenvalue weighted by molar-refractivity contribution is 5.91. The number of carboxylic acid groups (broad SMARTS) is 1. The summed E-state index contributed by atoms with van der Waals surface area (Å²) >= 11 is 0. The minimum Gasteiger partial charge on any atom is -0.497 e. The summed E-state index contributed by atoms with van der Waals surface area (Å²) < 4.78 is 26.9. The molecule has 1 N–H and O–H groups in total. The Morgan fingerprint density at radius 3 is 2.41 bits per heavy atom. The lowest BCUT2D eigenvalue weighted by Gasteiger charge is -2.29. The fourth-order valence-electron chi connectivity index (χ4n) is 3.42. The molecule has 0 saturated heterocycles. The van der Waals surface area contributed by atoms with Crippen LogP contribution in [-0.4, -0.2) is 37.6 Å². The maximum Gasteiger partial charge on any atom is 0.336 e. The van der Waals surface area contributed by atoms with Gasteiger partial charge in [-0.1, -0.05) is 12.1 Å². The molecule has 0 saturated carbocycles. The van der Waals surface area contributed by atoms with Crippen LogP contribution >= 0.6 is 0 Å². The van der Waals surface area contributed by atoms with Crippen molar-refractivity contribution in [3.63, 3.8) is 0 Å². The minimum absolute atomic E-state index is 0.0113. The average Bonchev–Trinajstić information content (AvgIpc) is 3.16. The highest BCUT2D eigenvalue weighted by atomic mass is 16.7. The molecule has 2 heterocycles. The average molecular weight is 398 g/mol. The molecule has 0 radical (unpaired) electrons. The molecule has 2 aliphatic heterocycles. The molecule has 2 aromatic carbocycles. The maximum atomic E-state index is 12.2. The molecule has 0 aromatic heterocycles. The Labute approximate surface area is 166 Å². The molecular formula is C21H18O8. The number of carbonyl (C=O) groups excluding carboxylic acids is 1. The lowest BCUT2D eigenvalue weighted by atomic mass is 9.82. The quantitative estimate of drug-likeness (QED) is 0.768. The molecule has 0 fully saturated rings. The summed E-state index contributed by atoms with van der Waals surface area (Å²) in [6.07, 6.45) is 0. The van der Waals surface area contributed by atoms with Gasteiger partial charge in [-0.15, -0.1) is 0 Å². The van der Waals surface area contributed by atoms with E-state index in [1.807, 2.05) is 0 Å². The third-order valence-electron chi connectivity index (χ3n) is 4.72. The van der Waals surface area contributed by atoms with E-state index in [-0.39, 0.29) is 24.7 Å². The third-order valence-corrected chi connectivity index (χ3v) is 4.72. The van der Waals surface area contributed by atoms with Gasteiger partial charge < -0.3 is 28.8 Å². The van der Waals surface area contributed by atoms with E-state index in [1.165, 1.54) is 6.92 Å². The van der Waals surface area contributed by atoms with E-state index >= 15 is 0 Å². The molecule has 0 amide bonds. The molecule has 1 atom stereocenters. The van der Waals surface area contributed by atoms with E-state index in [2.05, 4.69) is 0 Å². The van der Waals surface area contributed by atoms with Gasteiger partial charge in [0.1, 0.15) is 18.1 Å². The first-order valence-corrected chi connectivity index (χ1v) is 8.83. The number of fused-ring (bicyclic) bond motifs is 2. The van der Waals surface area contributed by atoms with Crippen LogP contribution in [0.1, 0.15) is 24.0 Å². The molecule has 4 rings (SSSR count). The zero-order valence-electron chi connectivity index (χ0n) is 15.8. The third kappa shape index (κ3) is 3.44. The van der Waals surface area contributed by atoms with Crippen molar-refractivity contribution in [2.75, 3.05) is 20.5 Å². The van der Waals surface area contributed by atoms with E-state index in [1.54, 1.807) is 43.5 Å². The standard InChI is InChI=1S/C21H18O8/c1-11(22)26-9-18-20(21(23)24)19(12-3-5-13(25-2)6-4-12)14-7-16-17(28-10-27-16)8-15(14)29-18/h3-8,19H,9-10H2,1-2H3,(H,23,24)/t19-/m1/s1. The predicted octanol–water partition coefficient (Wildman–Crippen LogP) is 2.85. The summed E-state index contributed by atoms with van der Waals surface area (Å²) in [5, 5.41) is 9.97. The number of aliphatic carboxylic acids is 1. The SMILES string of the molecule is COc1ccc([C@H]2C(C(=O)O)=C(COC(C)=O)Oc3cc4c(cc32)OCO4)cc1. The molecule has 0 aliphatic carbocycles. The summed E-state index contributed by atoms with van der Waals surface area (Å²) in [6.45, 7) is 1.03. The fourth-order valence-corrected chi connectivity index (χ4v) is 3.42. The van der Waals surface area contributed by atoms with Crippen molar-refractivity contribution in [2.45, 2.75) is 12.8 Å². The van der Waals surface area contributed by atoms with Crippen molar-refractivity contribution in [2.24, 2.45) is 0 Å². The summed E-state index contributed by atoms with van der Waals surface area (Å²) in [7, 11) is 1.55. The first kappa shape index (κ1) is 18.7. The summed E-state index contributed by atoms with van der Waals surface area (Å²) in [5.74, 6) is -0.237. The van der Waals surface area contributed by atoms with Gasteiger partial charge in [0.2, 0.25) is 6.79 Å². The lowest BCUT2D eigenvalue weighted by Crippen LogP contribution is -2.25. The van der Waals surface area contributed by atoms with E-state index in [0.29, 0.717) is 34.1 Å². The number of benzene rings is 2. The van der Waals surface area contributed by atoms with E-state index < -0.39 is 17.9 Å². The monoisotopic (exact) mass is 398 g/mol. The van der Waals surface area contributed by atoms with Gasteiger partial charge in [0, 0.05) is 24.5 Å². The van der Waals surface area contributed by atoms with Gasteiger partial charge >= 0.3 is 11.9 Å². The Morgan fingerprint density at radius 1 is 1.10 bits per heavy atom. The topological polar surface area (TPSA) is 101 Å². The van der Waals surface area contributed by atoms with Crippen molar-refractivity contribution in [1.29, 1.82) is 0 Å². The van der Waals surface area contributed by atoms with E-state index in [9.17, 15) is 14.7 Å². The van der Waals surface area contributed by atoms with E-state index in [0.717, 1.165) is 0 Å². The summed E-state index contributed by atoms with van der Waals surface area (Å²) in [6, 6.07) is 10.5. The van der Waals surface area contributed by atoms with Crippen LogP contribution in [0.4, 0.5) is 0 Å². The number of hydrogen-bond donors (Lipinski definition) is 1. The Hall–Kier alpha value is -3.68. The zero-order chi connectivity index (χ0) is 20.5. The molecule has 29 heavy (non-hydrogen) atoms. The molecular weight excluding hydrogens is 380 g/mol. The second-order valence-corrected chi connectivity index (χ2v) is 6.47. The summed E-state index contributed by atoms with van der Waals surface area (Å²) in [4.78, 5) is 23.5. The Balaban J connectivity index is 1.88. The maximum absolute atomic E-state index is 12.2. The molecule has 0 spiro atoms. The van der Waals surface area contributed by atoms with Gasteiger partial charge in [-0.2, -0.15) is 0 Å². The molecule has 8 heteroatoms. The molecule has 150 valence electrons. The van der Waals surface area contributed by atoms with Gasteiger partial charge in [0.15, 0.2) is 17.3 Å². The largest absolute Gasteiger partial charge is 0.497 e. The predicted molar refractivity (Wildman–Crippen MR) is 99.3 cm³/mol. The van der Waals surface area contributed by atoms with Gasteiger partial charge in [-0.05, 0) is 23.8 Å². The van der Waals surface area contributed by atoms with Gasteiger partial charge in [-0.25, -0.2) is 4.79 Å². The van der Waals surface area contributed by atoms with Gasteiger partial charge in [0.05, 0.1) is 12.7 Å². The number of carboxylic acids is 1.